The van der Waals surface area contributed by atoms with Crippen molar-refractivity contribution in [3.05, 3.63) is 11.1 Å². The largest absolute Gasteiger partial charge is 0.311 e. The number of nitrogens with one attached hydrogen (secondary N) is 1. The van der Waals surface area contributed by atoms with Gasteiger partial charge in [0, 0.05) is 18.5 Å². The Morgan fingerprint density at radius 2 is 2.46 bits per heavy atom. The van der Waals surface area contributed by atoms with Gasteiger partial charge in [0.1, 0.15) is 0 Å². The van der Waals surface area contributed by atoms with E-state index in [1.54, 1.807) is 0 Å². The Bertz CT molecular complexity index is 254. The second-order valence-corrected chi connectivity index (χ2v) is 4.77. The normalized spacial score (nSPS) is 19.8. The van der Waals surface area contributed by atoms with Crippen LogP contribution in [0.2, 0.25) is 0 Å². The highest BCUT2D eigenvalue weighted by molar-refractivity contribution is 7.03. The van der Waals surface area contributed by atoms with Gasteiger partial charge < -0.3 is 5.32 Å². The first-order valence-electron chi connectivity index (χ1n) is 4.75. The van der Waals surface area contributed by atoms with Crippen LogP contribution in [0.25, 0.3) is 0 Å². The van der Waals surface area contributed by atoms with Gasteiger partial charge in [0.25, 0.3) is 0 Å². The summed E-state index contributed by atoms with van der Waals surface area (Å²) in [6, 6.07) is 0. The van der Waals surface area contributed by atoms with Crippen LogP contribution >= 0.6 is 11.5 Å². The summed E-state index contributed by atoms with van der Waals surface area (Å²) in [6.07, 6.45) is 4.14. The second-order valence-electron chi connectivity index (χ2n) is 4.16. The van der Waals surface area contributed by atoms with E-state index in [2.05, 4.69) is 21.8 Å². The van der Waals surface area contributed by atoms with Crippen LogP contribution in [0.5, 0.6) is 0 Å². The van der Waals surface area contributed by atoms with Crippen LogP contribution in [-0.4, -0.2) is 16.1 Å². The summed E-state index contributed by atoms with van der Waals surface area (Å²) >= 11 is 1.42. The van der Waals surface area contributed by atoms with E-state index in [9.17, 15) is 0 Å². The molecule has 1 aromatic heterocycles. The molecule has 4 heteroatoms. The molecule has 1 aliphatic rings. The molecule has 2 rings (SSSR count). The van der Waals surface area contributed by atoms with E-state index < -0.39 is 0 Å². The molecule has 0 radical (unpaired) electrons. The van der Waals surface area contributed by atoms with Crippen molar-refractivity contribution in [2.24, 2.45) is 5.41 Å². The summed E-state index contributed by atoms with van der Waals surface area (Å²) in [5, 5.41) is 9.42. The van der Waals surface area contributed by atoms with Crippen molar-refractivity contribution < 1.29 is 0 Å². The highest BCUT2D eigenvalue weighted by Crippen LogP contribution is 2.39. The maximum absolute atomic E-state index is 3.99. The predicted molar refractivity (Wildman–Crippen MR) is 53.6 cm³/mol. The van der Waals surface area contributed by atoms with Crippen molar-refractivity contribution in [2.75, 3.05) is 6.54 Å². The van der Waals surface area contributed by atoms with Crippen molar-refractivity contribution in [2.45, 2.75) is 32.7 Å². The summed E-state index contributed by atoms with van der Waals surface area (Å²) in [7, 11) is 0. The summed E-state index contributed by atoms with van der Waals surface area (Å²) in [4.78, 5) is 0. The van der Waals surface area contributed by atoms with Crippen molar-refractivity contribution in [1.82, 2.24) is 14.9 Å². The molecule has 0 amide bonds. The summed E-state index contributed by atoms with van der Waals surface area (Å²) in [6.45, 7) is 4.33. The van der Waals surface area contributed by atoms with E-state index in [1.165, 1.54) is 30.8 Å². The summed E-state index contributed by atoms with van der Waals surface area (Å²) in [5.41, 5.74) is 1.62. The molecule has 13 heavy (non-hydrogen) atoms. The van der Waals surface area contributed by atoms with Gasteiger partial charge in [-0.3, -0.25) is 0 Å². The fourth-order valence-corrected chi connectivity index (χ4v) is 2.16. The smallest absolute Gasteiger partial charge is 0.0893 e. The minimum absolute atomic E-state index is 0.559. The zero-order valence-electron chi connectivity index (χ0n) is 7.92. The van der Waals surface area contributed by atoms with Crippen molar-refractivity contribution in [3.63, 3.8) is 0 Å². The van der Waals surface area contributed by atoms with E-state index in [4.69, 9.17) is 0 Å². The lowest BCUT2D eigenvalue weighted by Crippen LogP contribution is -2.37. The Morgan fingerprint density at radius 3 is 3.00 bits per heavy atom. The van der Waals surface area contributed by atoms with Gasteiger partial charge in [0.15, 0.2) is 0 Å². The van der Waals surface area contributed by atoms with Crippen LogP contribution in [-0.2, 0) is 6.54 Å². The topological polar surface area (TPSA) is 37.8 Å². The molecular formula is C9H15N3S. The number of hydrogen-bond acceptors (Lipinski definition) is 4. The van der Waals surface area contributed by atoms with E-state index in [0.29, 0.717) is 5.41 Å². The lowest BCUT2D eigenvalue weighted by Gasteiger charge is -2.38. The minimum Gasteiger partial charge on any atom is -0.311 e. The number of rotatable bonds is 4. The third-order valence-electron chi connectivity index (χ3n) is 2.82. The van der Waals surface area contributed by atoms with E-state index in [-0.39, 0.29) is 0 Å². The molecular weight excluding hydrogens is 182 g/mol. The average Bonchev–Trinajstić information content (AvgIpc) is 2.54. The van der Waals surface area contributed by atoms with Gasteiger partial charge in [-0.2, -0.15) is 0 Å². The van der Waals surface area contributed by atoms with Crippen LogP contribution < -0.4 is 5.32 Å². The molecule has 3 nitrogen and oxygen atoms in total. The Hall–Kier alpha value is -0.480. The molecule has 0 bridgehead atoms. The first kappa shape index (κ1) is 9.09. The molecule has 1 N–H and O–H groups in total. The van der Waals surface area contributed by atoms with Gasteiger partial charge in [-0.25, -0.2) is 0 Å². The lowest BCUT2D eigenvalue weighted by atomic mass is 9.70. The van der Waals surface area contributed by atoms with Crippen LogP contribution in [0.3, 0.4) is 0 Å². The van der Waals surface area contributed by atoms with Crippen molar-refractivity contribution in [3.8, 4) is 0 Å². The van der Waals surface area contributed by atoms with E-state index >= 15 is 0 Å². The maximum atomic E-state index is 3.99. The molecule has 0 saturated heterocycles. The zero-order valence-corrected chi connectivity index (χ0v) is 8.73. The van der Waals surface area contributed by atoms with Crippen LogP contribution in [0.1, 0.15) is 31.9 Å². The molecule has 72 valence electrons. The Kier molecular flexibility index (Phi) is 2.60. The maximum Gasteiger partial charge on any atom is 0.0893 e. The zero-order chi connectivity index (χ0) is 9.15. The Morgan fingerprint density at radius 1 is 1.62 bits per heavy atom. The van der Waals surface area contributed by atoms with Crippen LogP contribution in [0.4, 0.5) is 0 Å². The molecule has 0 aromatic carbocycles. The highest BCUT2D eigenvalue weighted by atomic mass is 32.1. The SMILES string of the molecule is CC1(CNCc2csnn2)CCC1. The standard InChI is InChI=1S/C9H15N3S/c1-9(3-2-4-9)7-10-5-8-6-13-12-11-8/h6,10H,2-5,7H2,1H3. The van der Waals surface area contributed by atoms with E-state index in [0.717, 1.165) is 18.8 Å². The highest BCUT2D eigenvalue weighted by Gasteiger charge is 2.30. The number of nitrogens with zero attached hydrogens (tertiary/aromatic N) is 2. The molecule has 1 fully saturated rings. The molecule has 1 heterocycles. The third kappa shape index (κ3) is 2.25. The van der Waals surface area contributed by atoms with Crippen molar-refractivity contribution in [1.29, 1.82) is 0 Å². The van der Waals surface area contributed by atoms with Gasteiger partial charge in [-0.05, 0) is 29.8 Å². The van der Waals surface area contributed by atoms with Crippen LogP contribution in [0.15, 0.2) is 5.38 Å². The summed E-state index contributed by atoms with van der Waals surface area (Å²) in [5.74, 6) is 0. The van der Waals surface area contributed by atoms with Gasteiger partial charge in [-0.1, -0.05) is 17.8 Å². The third-order valence-corrected chi connectivity index (χ3v) is 3.38. The quantitative estimate of drug-likeness (QED) is 0.800. The molecule has 1 aromatic rings. The molecule has 0 aliphatic heterocycles. The molecule has 1 saturated carbocycles. The Labute approximate surface area is 82.7 Å². The van der Waals surface area contributed by atoms with Gasteiger partial charge in [-0.15, -0.1) is 5.10 Å². The van der Waals surface area contributed by atoms with Gasteiger partial charge >= 0.3 is 0 Å². The predicted octanol–water partition coefficient (Wildman–Crippen LogP) is 1.82. The fourth-order valence-electron chi connectivity index (χ4n) is 1.71. The van der Waals surface area contributed by atoms with Crippen molar-refractivity contribution >= 4 is 11.5 Å². The lowest BCUT2D eigenvalue weighted by molar-refractivity contribution is 0.156. The minimum atomic E-state index is 0.559. The molecule has 0 unspecified atom stereocenters. The second kappa shape index (κ2) is 3.72. The first-order valence-corrected chi connectivity index (χ1v) is 5.59. The number of hydrogen-bond donors (Lipinski definition) is 1. The average molecular weight is 197 g/mol. The summed E-state index contributed by atoms with van der Waals surface area (Å²) < 4.78 is 3.82. The first-order chi connectivity index (χ1) is 6.29. The Balaban J connectivity index is 1.69. The van der Waals surface area contributed by atoms with Gasteiger partial charge in [0.2, 0.25) is 0 Å². The monoisotopic (exact) mass is 197 g/mol. The number of aromatic nitrogens is 2. The molecule has 1 aliphatic carbocycles. The molecule has 0 atom stereocenters. The van der Waals surface area contributed by atoms with E-state index in [1.807, 2.05) is 5.38 Å². The fraction of sp³-hybridized carbons (Fsp3) is 0.778. The van der Waals surface area contributed by atoms with Crippen LogP contribution in [0, 0.1) is 5.41 Å². The van der Waals surface area contributed by atoms with Gasteiger partial charge in [0.05, 0.1) is 5.69 Å². The molecule has 0 spiro atoms.